The van der Waals surface area contributed by atoms with Crippen molar-refractivity contribution in [2.45, 2.75) is 38.3 Å². The smallest absolute Gasteiger partial charge is 0.119 e. The lowest BCUT2D eigenvalue weighted by molar-refractivity contribution is 0.0981. The van der Waals surface area contributed by atoms with Gasteiger partial charge in [0.05, 0.1) is 12.7 Å². The van der Waals surface area contributed by atoms with Gasteiger partial charge in [0.25, 0.3) is 0 Å². The SMILES string of the molecule is CNCc1cc(OCCCC2CCCO2)ccc1Br. The van der Waals surface area contributed by atoms with E-state index in [0.717, 1.165) is 42.8 Å². The Kier molecular flexibility index (Phi) is 6.14. The molecular formula is C15H22BrNO2. The van der Waals surface area contributed by atoms with E-state index in [0.29, 0.717) is 6.10 Å². The summed E-state index contributed by atoms with van der Waals surface area (Å²) < 4.78 is 12.5. The van der Waals surface area contributed by atoms with Crippen molar-refractivity contribution in [1.82, 2.24) is 5.32 Å². The monoisotopic (exact) mass is 327 g/mol. The molecule has 1 saturated heterocycles. The lowest BCUT2D eigenvalue weighted by Crippen LogP contribution is -2.08. The van der Waals surface area contributed by atoms with Gasteiger partial charge in [0.2, 0.25) is 0 Å². The van der Waals surface area contributed by atoms with E-state index in [1.54, 1.807) is 0 Å². The van der Waals surface area contributed by atoms with Gasteiger partial charge in [-0.3, -0.25) is 0 Å². The second-order valence-corrected chi connectivity index (χ2v) is 5.76. The molecule has 1 aromatic rings. The first kappa shape index (κ1) is 14.8. The van der Waals surface area contributed by atoms with Crippen LogP contribution in [0.5, 0.6) is 5.75 Å². The molecule has 0 saturated carbocycles. The third-order valence-corrected chi connectivity index (χ3v) is 4.12. The summed E-state index contributed by atoms with van der Waals surface area (Å²) in [4.78, 5) is 0. The number of hydrogen-bond donors (Lipinski definition) is 1. The minimum atomic E-state index is 0.466. The molecular weight excluding hydrogens is 306 g/mol. The number of benzene rings is 1. The molecule has 0 aromatic heterocycles. The first-order valence-corrected chi connectivity index (χ1v) is 7.76. The number of hydrogen-bond acceptors (Lipinski definition) is 3. The third-order valence-electron chi connectivity index (χ3n) is 3.35. The highest BCUT2D eigenvalue weighted by Gasteiger charge is 2.14. The van der Waals surface area contributed by atoms with Gasteiger partial charge in [0.15, 0.2) is 0 Å². The van der Waals surface area contributed by atoms with E-state index in [9.17, 15) is 0 Å². The van der Waals surface area contributed by atoms with Crippen molar-refractivity contribution in [2.24, 2.45) is 0 Å². The summed E-state index contributed by atoms with van der Waals surface area (Å²) >= 11 is 3.55. The largest absolute Gasteiger partial charge is 0.494 e. The van der Waals surface area contributed by atoms with E-state index in [1.807, 2.05) is 19.2 Å². The normalized spacial score (nSPS) is 18.7. The fourth-order valence-electron chi connectivity index (χ4n) is 2.34. The van der Waals surface area contributed by atoms with Crippen LogP contribution in [-0.2, 0) is 11.3 Å². The average molecular weight is 328 g/mol. The van der Waals surface area contributed by atoms with Crippen LogP contribution in [0.1, 0.15) is 31.2 Å². The topological polar surface area (TPSA) is 30.5 Å². The fraction of sp³-hybridized carbons (Fsp3) is 0.600. The van der Waals surface area contributed by atoms with Crippen molar-refractivity contribution < 1.29 is 9.47 Å². The zero-order valence-electron chi connectivity index (χ0n) is 11.5. The van der Waals surface area contributed by atoms with Gasteiger partial charge in [-0.25, -0.2) is 0 Å². The van der Waals surface area contributed by atoms with Gasteiger partial charge < -0.3 is 14.8 Å². The first-order valence-electron chi connectivity index (χ1n) is 6.97. The van der Waals surface area contributed by atoms with Gasteiger partial charge >= 0.3 is 0 Å². The molecule has 0 bridgehead atoms. The van der Waals surface area contributed by atoms with Crippen molar-refractivity contribution in [3.8, 4) is 5.75 Å². The molecule has 1 aliphatic heterocycles. The second kappa shape index (κ2) is 7.88. The molecule has 1 atom stereocenters. The molecule has 4 heteroatoms. The maximum atomic E-state index is 5.80. The Hall–Kier alpha value is -0.580. The van der Waals surface area contributed by atoms with Gasteiger partial charge in [-0.05, 0) is 56.5 Å². The van der Waals surface area contributed by atoms with E-state index in [1.165, 1.54) is 18.4 Å². The second-order valence-electron chi connectivity index (χ2n) is 4.91. The molecule has 0 radical (unpaired) electrons. The minimum Gasteiger partial charge on any atom is -0.494 e. The summed E-state index contributed by atoms with van der Waals surface area (Å²) in [6.45, 7) is 2.54. The molecule has 0 spiro atoms. The maximum Gasteiger partial charge on any atom is 0.119 e. The van der Waals surface area contributed by atoms with Crippen LogP contribution in [0.15, 0.2) is 22.7 Å². The molecule has 0 aliphatic carbocycles. The van der Waals surface area contributed by atoms with Gasteiger partial charge in [-0.15, -0.1) is 0 Å². The van der Waals surface area contributed by atoms with E-state index in [2.05, 4.69) is 27.3 Å². The van der Waals surface area contributed by atoms with Crippen molar-refractivity contribution in [1.29, 1.82) is 0 Å². The lowest BCUT2D eigenvalue weighted by Gasteiger charge is -2.11. The highest BCUT2D eigenvalue weighted by Crippen LogP contribution is 2.23. The van der Waals surface area contributed by atoms with Crippen molar-refractivity contribution >= 4 is 15.9 Å². The van der Waals surface area contributed by atoms with E-state index in [4.69, 9.17) is 9.47 Å². The average Bonchev–Trinajstić information content (AvgIpc) is 2.92. The molecule has 19 heavy (non-hydrogen) atoms. The van der Waals surface area contributed by atoms with Crippen LogP contribution < -0.4 is 10.1 Å². The fourth-order valence-corrected chi connectivity index (χ4v) is 2.73. The first-order chi connectivity index (χ1) is 9.29. The molecule has 1 N–H and O–H groups in total. The number of halogens is 1. The molecule has 106 valence electrons. The van der Waals surface area contributed by atoms with E-state index >= 15 is 0 Å². The Morgan fingerprint density at radius 3 is 3.11 bits per heavy atom. The van der Waals surface area contributed by atoms with E-state index < -0.39 is 0 Å². The predicted octanol–water partition coefficient (Wildman–Crippen LogP) is 3.51. The molecule has 1 heterocycles. The van der Waals surface area contributed by atoms with Gasteiger partial charge in [0.1, 0.15) is 5.75 Å². The van der Waals surface area contributed by atoms with E-state index in [-0.39, 0.29) is 0 Å². The van der Waals surface area contributed by atoms with Crippen molar-refractivity contribution in [3.05, 3.63) is 28.2 Å². The highest BCUT2D eigenvalue weighted by molar-refractivity contribution is 9.10. The zero-order chi connectivity index (χ0) is 13.5. The maximum absolute atomic E-state index is 5.80. The van der Waals surface area contributed by atoms with Gasteiger partial charge in [-0.2, -0.15) is 0 Å². The summed E-state index contributed by atoms with van der Waals surface area (Å²) in [5, 5.41) is 3.15. The zero-order valence-corrected chi connectivity index (χ0v) is 13.0. The van der Waals surface area contributed by atoms with Crippen molar-refractivity contribution in [3.63, 3.8) is 0 Å². The lowest BCUT2D eigenvalue weighted by atomic mass is 10.1. The van der Waals surface area contributed by atoms with Crippen LogP contribution in [0.2, 0.25) is 0 Å². The summed E-state index contributed by atoms with van der Waals surface area (Å²) in [5.41, 5.74) is 1.22. The van der Waals surface area contributed by atoms with Crippen LogP contribution in [0.4, 0.5) is 0 Å². The predicted molar refractivity (Wildman–Crippen MR) is 80.6 cm³/mol. The number of rotatable bonds is 7. The molecule has 0 amide bonds. The van der Waals surface area contributed by atoms with Crippen molar-refractivity contribution in [2.75, 3.05) is 20.3 Å². The van der Waals surface area contributed by atoms with Crippen LogP contribution in [-0.4, -0.2) is 26.4 Å². The van der Waals surface area contributed by atoms with Gasteiger partial charge in [0, 0.05) is 17.6 Å². The molecule has 1 unspecified atom stereocenters. The molecule has 1 aliphatic rings. The third kappa shape index (κ3) is 4.79. The van der Waals surface area contributed by atoms with Crippen LogP contribution in [0.25, 0.3) is 0 Å². The van der Waals surface area contributed by atoms with Gasteiger partial charge in [-0.1, -0.05) is 15.9 Å². The molecule has 3 nitrogen and oxygen atoms in total. The minimum absolute atomic E-state index is 0.466. The quantitative estimate of drug-likeness (QED) is 0.777. The Morgan fingerprint density at radius 1 is 1.47 bits per heavy atom. The Labute approximate surface area is 123 Å². The van der Waals surface area contributed by atoms with Crippen LogP contribution >= 0.6 is 15.9 Å². The summed E-state index contributed by atoms with van der Waals surface area (Å²) in [5.74, 6) is 0.945. The highest BCUT2D eigenvalue weighted by atomic mass is 79.9. The number of nitrogens with one attached hydrogen (secondary N) is 1. The standard InChI is InChI=1S/C15H22BrNO2/c1-17-11-12-10-14(6-7-15(12)16)19-9-3-5-13-4-2-8-18-13/h6-7,10,13,17H,2-5,8-9,11H2,1H3. The van der Waals surface area contributed by atoms with Crippen LogP contribution in [0.3, 0.4) is 0 Å². The Bertz CT molecular complexity index is 392. The number of ether oxygens (including phenoxy) is 2. The molecule has 1 aromatic carbocycles. The van der Waals surface area contributed by atoms with Crippen LogP contribution in [0, 0.1) is 0 Å². The summed E-state index contributed by atoms with van der Waals surface area (Å²) in [6, 6.07) is 6.14. The molecule has 2 rings (SSSR count). The summed E-state index contributed by atoms with van der Waals surface area (Å²) in [7, 11) is 1.95. The Morgan fingerprint density at radius 2 is 2.37 bits per heavy atom. The Balaban J connectivity index is 1.74. The molecule has 1 fully saturated rings. The summed E-state index contributed by atoms with van der Waals surface area (Å²) in [6.07, 6.45) is 5.06.